The zero-order valence-corrected chi connectivity index (χ0v) is 9.11. The largest absolute Gasteiger partial charge is 0.326 e. The summed E-state index contributed by atoms with van der Waals surface area (Å²) < 4.78 is 2.83. The fourth-order valence-electron chi connectivity index (χ4n) is 1.23. The van der Waals surface area contributed by atoms with Crippen LogP contribution in [0, 0.1) is 0 Å². The van der Waals surface area contributed by atoms with Gasteiger partial charge in [0.05, 0.1) is 11.9 Å². The predicted molar refractivity (Wildman–Crippen MR) is 59.2 cm³/mol. The van der Waals surface area contributed by atoms with Crippen molar-refractivity contribution in [2.24, 2.45) is 5.73 Å². The van der Waals surface area contributed by atoms with Gasteiger partial charge in [0, 0.05) is 22.8 Å². The molecule has 0 unspecified atom stereocenters. The Labute approximate surface area is 90.7 Å². The third-order valence-electron chi connectivity index (χ3n) is 1.97. The minimum atomic E-state index is 0.518. The van der Waals surface area contributed by atoms with Gasteiger partial charge in [0.2, 0.25) is 0 Å². The number of hydrogen-bond acceptors (Lipinski definition) is 2. The van der Waals surface area contributed by atoms with Crippen LogP contribution in [0.2, 0.25) is 0 Å². The van der Waals surface area contributed by atoms with E-state index in [1.807, 2.05) is 35.1 Å². The van der Waals surface area contributed by atoms with E-state index in [1.165, 1.54) is 0 Å². The van der Waals surface area contributed by atoms with Crippen molar-refractivity contribution in [2.75, 3.05) is 0 Å². The van der Waals surface area contributed by atoms with E-state index in [0.29, 0.717) is 6.54 Å². The summed E-state index contributed by atoms with van der Waals surface area (Å²) in [5.74, 6) is 0. The second-order valence-electron chi connectivity index (χ2n) is 2.95. The Kier molecular flexibility index (Phi) is 2.65. The van der Waals surface area contributed by atoms with Crippen molar-refractivity contribution < 1.29 is 0 Å². The van der Waals surface area contributed by atoms with Gasteiger partial charge in [0.15, 0.2) is 0 Å². The van der Waals surface area contributed by atoms with Crippen LogP contribution in [0.25, 0.3) is 5.69 Å². The van der Waals surface area contributed by atoms with Crippen LogP contribution in [0.1, 0.15) is 5.56 Å². The maximum atomic E-state index is 5.51. The predicted octanol–water partition coefficient (Wildman–Crippen LogP) is 2.09. The van der Waals surface area contributed by atoms with Gasteiger partial charge in [-0.15, -0.1) is 0 Å². The lowest BCUT2D eigenvalue weighted by atomic mass is 10.3. The first-order valence-electron chi connectivity index (χ1n) is 4.30. The second kappa shape index (κ2) is 3.94. The smallest absolute Gasteiger partial charge is 0.0787 e. The van der Waals surface area contributed by atoms with E-state index in [1.54, 1.807) is 6.20 Å². The molecular weight excluding hydrogens is 242 g/mol. The summed E-state index contributed by atoms with van der Waals surface area (Å²) in [5.41, 5.74) is 7.56. The van der Waals surface area contributed by atoms with E-state index in [-0.39, 0.29) is 0 Å². The number of hydrogen-bond donors (Lipinski definition) is 1. The van der Waals surface area contributed by atoms with E-state index < -0.39 is 0 Å². The SMILES string of the molecule is NCc1cnn(-c2ccccc2Br)c1. The summed E-state index contributed by atoms with van der Waals surface area (Å²) in [6, 6.07) is 7.93. The first-order valence-corrected chi connectivity index (χ1v) is 5.09. The fraction of sp³-hybridized carbons (Fsp3) is 0.100. The zero-order valence-electron chi connectivity index (χ0n) is 7.52. The summed E-state index contributed by atoms with van der Waals surface area (Å²) in [4.78, 5) is 0. The van der Waals surface area contributed by atoms with Gasteiger partial charge in [-0.3, -0.25) is 0 Å². The van der Waals surface area contributed by atoms with Crippen LogP contribution < -0.4 is 5.73 Å². The molecule has 0 aliphatic carbocycles. The van der Waals surface area contributed by atoms with Crippen molar-refractivity contribution in [1.29, 1.82) is 0 Å². The van der Waals surface area contributed by atoms with Gasteiger partial charge in [-0.1, -0.05) is 12.1 Å². The summed E-state index contributed by atoms with van der Waals surface area (Å²) in [7, 11) is 0. The highest BCUT2D eigenvalue weighted by Crippen LogP contribution is 2.19. The lowest BCUT2D eigenvalue weighted by molar-refractivity contribution is 0.875. The van der Waals surface area contributed by atoms with Crippen molar-refractivity contribution in [3.8, 4) is 5.69 Å². The van der Waals surface area contributed by atoms with Crippen LogP contribution in [0.15, 0.2) is 41.1 Å². The van der Waals surface area contributed by atoms with Gasteiger partial charge in [-0.05, 0) is 28.1 Å². The maximum Gasteiger partial charge on any atom is 0.0787 e. The Morgan fingerprint density at radius 1 is 1.36 bits per heavy atom. The van der Waals surface area contributed by atoms with Gasteiger partial charge in [-0.2, -0.15) is 5.10 Å². The maximum absolute atomic E-state index is 5.51. The van der Waals surface area contributed by atoms with E-state index >= 15 is 0 Å². The molecule has 0 atom stereocenters. The van der Waals surface area contributed by atoms with Gasteiger partial charge in [-0.25, -0.2) is 4.68 Å². The quantitative estimate of drug-likeness (QED) is 0.889. The van der Waals surface area contributed by atoms with Crippen LogP contribution in [0.4, 0.5) is 0 Å². The molecule has 1 heterocycles. The third-order valence-corrected chi connectivity index (χ3v) is 2.64. The second-order valence-corrected chi connectivity index (χ2v) is 3.80. The molecule has 0 bridgehead atoms. The number of nitrogens with two attached hydrogens (primary N) is 1. The molecule has 1 aromatic carbocycles. The van der Waals surface area contributed by atoms with Crippen molar-refractivity contribution in [3.63, 3.8) is 0 Å². The summed E-state index contributed by atoms with van der Waals surface area (Å²) in [6.07, 6.45) is 3.71. The summed E-state index contributed by atoms with van der Waals surface area (Å²) in [5, 5.41) is 4.22. The number of benzene rings is 1. The molecule has 4 heteroatoms. The van der Waals surface area contributed by atoms with E-state index in [0.717, 1.165) is 15.7 Å². The average Bonchev–Trinajstić information content (AvgIpc) is 2.67. The van der Waals surface area contributed by atoms with Gasteiger partial charge < -0.3 is 5.73 Å². The Hall–Kier alpha value is -1.13. The van der Waals surface area contributed by atoms with Crippen LogP contribution in [-0.4, -0.2) is 9.78 Å². The van der Waals surface area contributed by atoms with E-state index in [9.17, 15) is 0 Å². The Morgan fingerprint density at radius 3 is 2.79 bits per heavy atom. The standard InChI is InChI=1S/C10H10BrN3/c11-9-3-1-2-4-10(9)14-7-8(5-12)6-13-14/h1-4,6-7H,5,12H2. The highest BCUT2D eigenvalue weighted by Gasteiger charge is 2.02. The molecule has 0 spiro atoms. The van der Waals surface area contributed by atoms with Crippen molar-refractivity contribution >= 4 is 15.9 Å². The highest BCUT2D eigenvalue weighted by atomic mass is 79.9. The van der Waals surface area contributed by atoms with Crippen molar-refractivity contribution in [3.05, 3.63) is 46.7 Å². The molecule has 0 amide bonds. The van der Waals surface area contributed by atoms with Crippen LogP contribution >= 0.6 is 15.9 Å². The van der Waals surface area contributed by atoms with E-state index in [4.69, 9.17) is 5.73 Å². The van der Waals surface area contributed by atoms with E-state index in [2.05, 4.69) is 21.0 Å². The third kappa shape index (κ3) is 1.71. The van der Waals surface area contributed by atoms with Crippen LogP contribution in [0.3, 0.4) is 0 Å². The molecule has 0 radical (unpaired) electrons. The topological polar surface area (TPSA) is 43.8 Å². The summed E-state index contributed by atoms with van der Waals surface area (Å²) in [6.45, 7) is 0.518. The molecule has 0 saturated heterocycles. The molecule has 14 heavy (non-hydrogen) atoms. The lowest BCUT2D eigenvalue weighted by Crippen LogP contribution is -1.96. The first-order chi connectivity index (χ1) is 6.81. The molecule has 0 fully saturated rings. The van der Waals surface area contributed by atoms with Crippen LogP contribution in [-0.2, 0) is 6.54 Å². The molecule has 0 aliphatic heterocycles. The molecule has 1 aromatic heterocycles. The molecule has 2 aromatic rings. The zero-order chi connectivity index (χ0) is 9.97. The molecular formula is C10H10BrN3. The van der Waals surface area contributed by atoms with Gasteiger partial charge >= 0.3 is 0 Å². The average molecular weight is 252 g/mol. The Morgan fingerprint density at radius 2 is 2.14 bits per heavy atom. The number of rotatable bonds is 2. The minimum Gasteiger partial charge on any atom is -0.326 e. The molecule has 2 rings (SSSR count). The first kappa shape index (κ1) is 9.43. The molecule has 2 N–H and O–H groups in total. The van der Waals surface area contributed by atoms with Crippen molar-refractivity contribution in [2.45, 2.75) is 6.54 Å². The highest BCUT2D eigenvalue weighted by molar-refractivity contribution is 9.10. The number of halogens is 1. The Balaban J connectivity index is 2.44. The van der Waals surface area contributed by atoms with Gasteiger partial charge in [0.1, 0.15) is 0 Å². The van der Waals surface area contributed by atoms with Crippen LogP contribution in [0.5, 0.6) is 0 Å². The minimum absolute atomic E-state index is 0.518. The summed E-state index contributed by atoms with van der Waals surface area (Å²) >= 11 is 3.47. The number of aromatic nitrogens is 2. The number of nitrogens with zero attached hydrogens (tertiary/aromatic N) is 2. The molecule has 3 nitrogen and oxygen atoms in total. The van der Waals surface area contributed by atoms with Gasteiger partial charge in [0.25, 0.3) is 0 Å². The number of para-hydroxylation sites is 1. The fourth-order valence-corrected chi connectivity index (χ4v) is 1.70. The Bertz CT molecular complexity index is 436. The molecule has 72 valence electrons. The monoisotopic (exact) mass is 251 g/mol. The lowest BCUT2D eigenvalue weighted by Gasteiger charge is -2.02. The molecule has 0 aliphatic rings. The normalized spacial score (nSPS) is 10.4. The van der Waals surface area contributed by atoms with Crippen molar-refractivity contribution in [1.82, 2.24) is 9.78 Å². The molecule has 0 saturated carbocycles.